The molecular formula is C22H19N3O6S. The Labute approximate surface area is 187 Å². The first kappa shape index (κ1) is 21.6. The fourth-order valence-corrected chi connectivity index (χ4v) is 4.82. The smallest absolute Gasteiger partial charge is 0.339 e. The van der Waals surface area contributed by atoms with Gasteiger partial charge in [0.05, 0.1) is 11.1 Å². The third-order valence-electron chi connectivity index (χ3n) is 5.17. The van der Waals surface area contributed by atoms with Crippen molar-refractivity contribution in [3.8, 4) is 0 Å². The molecule has 1 aromatic carbocycles. The van der Waals surface area contributed by atoms with Crippen LogP contribution in [0, 0.1) is 0 Å². The van der Waals surface area contributed by atoms with Gasteiger partial charge in [0.1, 0.15) is 11.4 Å². The molecule has 0 aliphatic carbocycles. The van der Waals surface area contributed by atoms with Crippen molar-refractivity contribution < 1.29 is 29.0 Å². The molecule has 2 amide bonds. The second-order valence-corrected chi connectivity index (χ2v) is 8.68. The number of benzene rings is 1. The summed E-state index contributed by atoms with van der Waals surface area (Å²) in [6, 6.07) is 10.6. The van der Waals surface area contributed by atoms with Crippen LogP contribution in [0.25, 0.3) is 0 Å². The number of nitrogens with one attached hydrogen (secondary N) is 1. The number of esters is 1. The van der Waals surface area contributed by atoms with Gasteiger partial charge in [0.15, 0.2) is 0 Å². The van der Waals surface area contributed by atoms with E-state index in [0.29, 0.717) is 5.56 Å². The minimum Gasteiger partial charge on any atom is -0.478 e. The van der Waals surface area contributed by atoms with Crippen molar-refractivity contribution in [3.63, 3.8) is 0 Å². The van der Waals surface area contributed by atoms with E-state index in [2.05, 4.69) is 10.3 Å². The van der Waals surface area contributed by atoms with Crippen molar-refractivity contribution in [1.82, 2.24) is 15.2 Å². The SMILES string of the molecule is CC1S[C@@H]2C(NC(=O)C(OC(=O)c3ccncc3)c3ccccc3)C(=O)N2C=C1C(=O)O. The van der Waals surface area contributed by atoms with Crippen LogP contribution in [0.1, 0.15) is 28.9 Å². The maximum absolute atomic E-state index is 13.1. The van der Waals surface area contributed by atoms with Crippen LogP contribution in [-0.2, 0) is 19.1 Å². The normalized spacial score (nSPS) is 22.7. The zero-order valence-corrected chi connectivity index (χ0v) is 17.7. The molecule has 0 spiro atoms. The van der Waals surface area contributed by atoms with E-state index < -0.39 is 41.3 Å². The third kappa shape index (κ3) is 4.09. The predicted octanol–water partition coefficient (Wildman–Crippen LogP) is 1.74. The first-order chi connectivity index (χ1) is 15.4. The number of aliphatic carboxylic acids is 1. The lowest BCUT2D eigenvalue weighted by molar-refractivity contribution is -0.147. The Morgan fingerprint density at radius 3 is 2.50 bits per heavy atom. The number of hydrogen-bond acceptors (Lipinski definition) is 7. The van der Waals surface area contributed by atoms with E-state index in [0.717, 1.165) is 0 Å². The minimum absolute atomic E-state index is 0.123. The molecule has 10 heteroatoms. The summed E-state index contributed by atoms with van der Waals surface area (Å²) in [6.07, 6.45) is 2.93. The van der Waals surface area contributed by atoms with E-state index in [-0.39, 0.29) is 16.4 Å². The lowest BCUT2D eigenvalue weighted by Gasteiger charge is -2.48. The van der Waals surface area contributed by atoms with Crippen LogP contribution < -0.4 is 5.32 Å². The van der Waals surface area contributed by atoms with Gasteiger partial charge in [-0.1, -0.05) is 30.3 Å². The summed E-state index contributed by atoms with van der Waals surface area (Å²) in [4.78, 5) is 54.7. The lowest BCUT2D eigenvalue weighted by atomic mass is 10.0. The van der Waals surface area contributed by atoms with Crippen LogP contribution in [-0.4, -0.2) is 55.4 Å². The lowest BCUT2D eigenvalue weighted by Crippen LogP contribution is -2.69. The second kappa shape index (κ2) is 8.83. The van der Waals surface area contributed by atoms with E-state index in [1.165, 1.54) is 47.4 Å². The van der Waals surface area contributed by atoms with Crippen LogP contribution in [0.15, 0.2) is 66.6 Å². The van der Waals surface area contributed by atoms with E-state index in [1.807, 2.05) is 0 Å². The summed E-state index contributed by atoms with van der Waals surface area (Å²) in [5, 5.41) is 11.2. The van der Waals surface area contributed by atoms with E-state index in [1.54, 1.807) is 37.3 Å². The number of carbonyl (C=O) groups excluding carboxylic acids is 3. The second-order valence-electron chi connectivity index (χ2n) is 7.22. The van der Waals surface area contributed by atoms with Gasteiger partial charge in [-0.3, -0.25) is 14.6 Å². The van der Waals surface area contributed by atoms with Gasteiger partial charge in [-0.15, -0.1) is 11.8 Å². The third-order valence-corrected chi connectivity index (χ3v) is 6.61. The van der Waals surface area contributed by atoms with Crippen LogP contribution in [0.5, 0.6) is 0 Å². The van der Waals surface area contributed by atoms with Crippen LogP contribution in [0.4, 0.5) is 0 Å². The predicted molar refractivity (Wildman–Crippen MR) is 114 cm³/mol. The van der Waals surface area contributed by atoms with Gasteiger partial charge in [0.2, 0.25) is 6.10 Å². The summed E-state index contributed by atoms with van der Waals surface area (Å²) in [6.45, 7) is 1.73. The van der Waals surface area contributed by atoms with Crippen LogP contribution in [0.2, 0.25) is 0 Å². The molecule has 3 unspecified atom stereocenters. The average molecular weight is 453 g/mol. The summed E-state index contributed by atoms with van der Waals surface area (Å²) >= 11 is 1.27. The fourth-order valence-electron chi connectivity index (χ4n) is 3.46. The monoisotopic (exact) mass is 453 g/mol. The number of fused-ring (bicyclic) bond motifs is 1. The molecule has 1 saturated heterocycles. The van der Waals surface area contributed by atoms with Gasteiger partial charge in [-0.2, -0.15) is 0 Å². The molecule has 0 saturated carbocycles. The molecule has 2 aliphatic heterocycles. The number of hydrogen-bond donors (Lipinski definition) is 2. The van der Waals surface area contributed by atoms with Crippen molar-refractivity contribution in [2.75, 3.05) is 0 Å². The number of rotatable bonds is 6. The Hall–Kier alpha value is -3.66. The highest BCUT2D eigenvalue weighted by Crippen LogP contribution is 2.40. The van der Waals surface area contributed by atoms with Gasteiger partial charge in [0, 0.05) is 29.4 Å². The number of β-lactam (4-membered cyclic amide) rings is 1. The Balaban J connectivity index is 1.52. The molecule has 4 atom stereocenters. The number of amides is 2. The average Bonchev–Trinajstić information content (AvgIpc) is 2.81. The molecule has 0 bridgehead atoms. The number of aromatic nitrogens is 1. The molecule has 2 aromatic rings. The standard InChI is InChI=1S/C22H19N3O6S/c1-12-15(21(28)29)11-25-19(27)16(20(25)32-12)24-18(26)17(13-5-3-2-4-6-13)31-22(30)14-7-9-23-10-8-14/h2-12,16-17,20H,1H3,(H,24,26)(H,28,29)/t12?,16?,17?,20-/m1/s1. The van der Waals surface area contributed by atoms with Crippen LogP contribution in [0.3, 0.4) is 0 Å². The summed E-state index contributed by atoms with van der Waals surface area (Å²) in [7, 11) is 0. The van der Waals surface area contributed by atoms with E-state index in [9.17, 15) is 24.3 Å². The van der Waals surface area contributed by atoms with Gasteiger partial charge in [0.25, 0.3) is 11.8 Å². The summed E-state index contributed by atoms with van der Waals surface area (Å²) in [5.41, 5.74) is 0.814. The Bertz CT molecular complexity index is 1090. The molecule has 1 fully saturated rings. The zero-order valence-electron chi connectivity index (χ0n) is 16.9. The minimum atomic E-state index is -1.27. The number of carboxylic acid groups (broad SMARTS) is 1. The van der Waals surface area contributed by atoms with Crippen molar-refractivity contribution in [3.05, 3.63) is 77.8 Å². The molecule has 4 rings (SSSR count). The van der Waals surface area contributed by atoms with Crippen molar-refractivity contribution >= 4 is 35.5 Å². The number of ether oxygens (including phenoxy) is 1. The maximum atomic E-state index is 13.1. The van der Waals surface area contributed by atoms with Gasteiger partial charge in [-0.25, -0.2) is 9.59 Å². The molecule has 1 aromatic heterocycles. The Morgan fingerprint density at radius 2 is 1.84 bits per heavy atom. The summed E-state index contributed by atoms with van der Waals surface area (Å²) < 4.78 is 5.49. The van der Waals surface area contributed by atoms with Gasteiger partial charge in [-0.05, 0) is 19.1 Å². The first-order valence-electron chi connectivity index (χ1n) is 9.76. The van der Waals surface area contributed by atoms with Gasteiger partial charge >= 0.3 is 11.9 Å². The highest BCUT2D eigenvalue weighted by atomic mass is 32.2. The maximum Gasteiger partial charge on any atom is 0.339 e. The highest BCUT2D eigenvalue weighted by Gasteiger charge is 2.52. The largest absolute Gasteiger partial charge is 0.478 e. The molecule has 0 radical (unpaired) electrons. The Kier molecular flexibility index (Phi) is 5.95. The molecule has 2 aliphatic rings. The molecule has 3 heterocycles. The fraction of sp³-hybridized carbons (Fsp3) is 0.227. The van der Waals surface area contributed by atoms with E-state index in [4.69, 9.17) is 4.74 Å². The molecular weight excluding hydrogens is 434 g/mol. The number of carbonyl (C=O) groups is 4. The number of carboxylic acids is 1. The van der Waals surface area contributed by atoms with E-state index >= 15 is 0 Å². The number of nitrogens with zero attached hydrogens (tertiary/aromatic N) is 2. The topological polar surface area (TPSA) is 126 Å². The zero-order chi connectivity index (χ0) is 22.8. The first-order valence-corrected chi connectivity index (χ1v) is 10.7. The van der Waals surface area contributed by atoms with Crippen LogP contribution >= 0.6 is 11.8 Å². The molecule has 2 N–H and O–H groups in total. The molecule has 164 valence electrons. The number of thioether (sulfide) groups is 1. The van der Waals surface area contributed by atoms with Crippen molar-refractivity contribution in [1.29, 1.82) is 0 Å². The number of pyridine rings is 1. The van der Waals surface area contributed by atoms with Gasteiger partial charge < -0.3 is 20.1 Å². The highest BCUT2D eigenvalue weighted by molar-refractivity contribution is 8.00. The summed E-state index contributed by atoms with van der Waals surface area (Å²) in [5.74, 6) is -2.85. The molecule has 9 nitrogen and oxygen atoms in total. The van der Waals surface area contributed by atoms with Crippen molar-refractivity contribution in [2.45, 2.75) is 29.7 Å². The molecule has 32 heavy (non-hydrogen) atoms. The Morgan fingerprint density at radius 1 is 1.16 bits per heavy atom. The van der Waals surface area contributed by atoms with Crippen molar-refractivity contribution in [2.24, 2.45) is 0 Å². The quantitative estimate of drug-likeness (QED) is 0.500.